The summed E-state index contributed by atoms with van der Waals surface area (Å²) in [6, 6.07) is 15.8. The largest absolute Gasteiger partial charge is 0.342 e. The van der Waals surface area contributed by atoms with E-state index in [4.69, 9.17) is 4.79 Å². The normalized spacial score (nSPS) is 10.6. The molecule has 0 saturated carbocycles. The van der Waals surface area contributed by atoms with Crippen molar-refractivity contribution in [2.75, 3.05) is 18.9 Å². The molecule has 0 unspecified atom stereocenters. The van der Waals surface area contributed by atoms with Gasteiger partial charge in [-0.25, -0.2) is 10.1 Å². The van der Waals surface area contributed by atoms with Gasteiger partial charge in [-0.2, -0.15) is 5.10 Å². The molecular weight excluding hydrogens is 354 g/mol. The van der Waals surface area contributed by atoms with Crippen LogP contribution in [0.1, 0.15) is 19.4 Å². The van der Waals surface area contributed by atoms with Gasteiger partial charge in [-0.3, -0.25) is 4.79 Å². The number of likely N-dealkylation sites (N-methyl/N-ethyl adjacent to an activating group) is 1. The van der Waals surface area contributed by atoms with Gasteiger partial charge in [-0.15, -0.1) is 0 Å². The van der Waals surface area contributed by atoms with Gasteiger partial charge in [0.15, 0.2) is 5.82 Å². The number of carbonyl (C=O) groups excluding carboxylic acids is 1. The summed E-state index contributed by atoms with van der Waals surface area (Å²) in [6.45, 7) is 8.70. The molecule has 2 aromatic carbocycles. The van der Waals surface area contributed by atoms with Crippen LogP contribution in [0.25, 0.3) is 10.8 Å². The third-order valence-corrected chi connectivity index (χ3v) is 3.60. The molecule has 1 aliphatic rings. The fourth-order valence-corrected chi connectivity index (χ4v) is 2.48. The molecule has 4 rings (SSSR count). The molecule has 0 amide bonds. The number of H-pyrrole nitrogens is 1. The van der Waals surface area contributed by atoms with E-state index in [1.54, 1.807) is 6.07 Å². The van der Waals surface area contributed by atoms with Crippen molar-refractivity contribution in [2.45, 2.75) is 20.8 Å². The molecule has 3 N–H and O–H groups in total. The van der Waals surface area contributed by atoms with E-state index in [1.807, 2.05) is 58.0 Å². The molecule has 1 aromatic heterocycles. The van der Waals surface area contributed by atoms with Gasteiger partial charge in [0.25, 0.3) is 5.56 Å². The zero-order valence-electron chi connectivity index (χ0n) is 16.7. The lowest BCUT2D eigenvalue weighted by molar-refractivity contribution is -0.0979. The average molecular weight is 381 g/mol. The van der Waals surface area contributed by atoms with Crippen LogP contribution in [0.5, 0.6) is 0 Å². The summed E-state index contributed by atoms with van der Waals surface area (Å²) in [4.78, 5) is 24.0. The van der Waals surface area contributed by atoms with Crippen LogP contribution in [0.15, 0.2) is 58.3 Å². The SMILES string of the molecule is C=O.CC.CNCC1=Nc2n[nH]c(=O)c3cccc(c23)N1.Cc1ccccc1. The lowest BCUT2D eigenvalue weighted by Gasteiger charge is -2.17. The summed E-state index contributed by atoms with van der Waals surface area (Å²) in [5.74, 6) is 1.34. The Morgan fingerprint density at radius 1 is 1.04 bits per heavy atom. The smallest absolute Gasteiger partial charge is 0.272 e. The Morgan fingerprint density at radius 2 is 1.71 bits per heavy atom. The number of benzene rings is 2. The number of hydrogen-bond acceptors (Lipinski definition) is 6. The number of rotatable bonds is 2. The van der Waals surface area contributed by atoms with Crippen LogP contribution in [0.4, 0.5) is 11.5 Å². The van der Waals surface area contributed by atoms with Crippen molar-refractivity contribution in [1.29, 1.82) is 0 Å². The highest BCUT2D eigenvalue weighted by molar-refractivity contribution is 6.12. The molecule has 28 heavy (non-hydrogen) atoms. The van der Waals surface area contributed by atoms with E-state index >= 15 is 0 Å². The number of anilines is 1. The van der Waals surface area contributed by atoms with Crippen LogP contribution in [-0.4, -0.2) is 36.4 Å². The minimum atomic E-state index is -0.195. The quantitative estimate of drug-likeness (QED) is 0.631. The third-order valence-electron chi connectivity index (χ3n) is 3.60. The first-order valence-corrected chi connectivity index (χ1v) is 9.00. The summed E-state index contributed by atoms with van der Waals surface area (Å²) in [6.07, 6.45) is 0. The molecule has 0 spiro atoms. The summed E-state index contributed by atoms with van der Waals surface area (Å²) in [7, 11) is 1.85. The van der Waals surface area contributed by atoms with Crippen molar-refractivity contribution < 1.29 is 4.79 Å². The number of nitrogens with zero attached hydrogens (tertiary/aromatic N) is 2. The molecule has 1 aliphatic heterocycles. The van der Waals surface area contributed by atoms with Crippen LogP contribution in [-0.2, 0) is 4.79 Å². The van der Waals surface area contributed by atoms with Crippen molar-refractivity contribution >= 4 is 34.9 Å². The molecule has 0 fully saturated rings. The summed E-state index contributed by atoms with van der Waals surface area (Å²) in [5, 5.41) is 14.0. The second-order valence-electron chi connectivity index (χ2n) is 5.47. The number of nitrogens with one attached hydrogen (secondary N) is 3. The van der Waals surface area contributed by atoms with Gasteiger partial charge in [0.1, 0.15) is 12.6 Å². The van der Waals surface area contributed by atoms with Gasteiger partial charge in [0, 0.05) is 0 Å². The van der Waals surface area contributed by atoms with Gasteiger partial charge in [-0.1, -0.05) is 55.8 Å². The molecular formula is C21H27N5O2. The number of aromatic amines is 1. The van der Waals surface area contributed by atoms with Crippen LogP contribution in [0.2, 0.25) is 0 Å². The third kappa shape index (κ3) is 5.85. The summed E-state index contributed by atoms with van der Waals surface area (Å²) >= 11 is 0. The predicted octanol–water partition coefficient (Wildman–Crippen LogP) is 3.43. The number of hydrogen-bond donors (Lipinski definition) is 3. The molecule has 0 saturated heterocycles. The fourth-order valence-electron chi connectivity index (χ4n) is 2.48. The van der Waals surface area contributed by atoms with Crippen molar-refractivity contribution in [3.8, 4) is 0 Å². The minimum Gasteiger partial charge on any atom is -0.342 e. The van der Waals surface area contributed by atoms with Gasteiger partial charge in [-0.05, 0) is 26.1 Å². The molecule has 7 nitrogen and oxygen atoms in total. The van der Waals surface area contributed by atoms with Crippen molar-refractivity contribution in [1.82, 2.24) is 15.5 Å². The number of carbonyl (C=O) groups is 1. The maximum atomic E-state index is 11.6. The second-order valence-corrected chi connectivity index (χ2v) is 5.47. The van der Waals surface area contributed by atoms with E-state index in [-0.39, 0.29) is 5.56 Å². The van der Waals surface area contributed by atoms with Crippen LogP contribution in [0, 0.1) is 6.92 Å². The Bertz CT molecular complexity index is 952. The second kappa shape index (κ2) is 12.1. The van der Waals surface area contributed by atoms with Crippen LogP contribution < -0.4 is 16.2 Å². The van der Waals surface area contributed by atoms with E-state index in [9.17, 15) is 4.79 Å². The van der Waals surface area contributed by atoms with E-state index in [2.05, 4.69) is 44.9 Å². The Hall–Kier alpha value is -3.32. The molecule has 0 radical (unpaired) electrons. The minimum absolute atomic E-state index is 0.195. The van der Waals surface area contributed by atoms with Crippen molar-refractivity contribution in [3.05, 3.63) is 64.4 Å². The Morgan fingerprint density at radius 3 is 2.29 bits per heavy atom. The number of aryl methyl sites for hydroxylation is 1. The van der Waals surface area contributed by atoms with Gasteiger partial charge < -0.3 is 15.4 Å². The van der Waals surface area contributed by atoms with Gasteiger partial charge in [0.2, 0.25) is 0 Å². The maximum absolute atomic E-state index is 11.6. The zero-order valence-corrected chi connectivity index (χ0v) is 16.7. The summed E-state index contributed by atoms with van der Waals surface area (Å²) < 4.78 is 0. The van der Waals surface area contributed by atoms with Gasteiger partial charge >= 0.3 is 0 Å². The van der Waals surface area contributed by atoms with E-state index < -0.39 is 0 Å². The first-order chi connectivity index (χ1) is 13.7. The lowest BCUT2D eigenvalue weighted by atomic mass is 10.1. The van der Waals surface area contributed by atoms with E-state index in [0.29, 0.717) is 17.7 Å². The van der Waals surface area contributed by atoms with Crippen molar-refractivity contribution in [3.63, 3.8) is 0 Å². The predicted molar refractivity (Wildman–Crippen MR) is 117 cm³/mol. The first kappa shape index (κ1) is 22.7. The van der Waals surface area contributed by atoms with E-state index in [1.165, 1.54) is 5.56 Å². The monoisotopic (exact) mass is 381 g/mol. The maximum Gasteiger partial charge on any atom is 0.272 e. The highest BCUT2D eigenvalue weighted by Crippen LogP contribution is 2.31. The molecule has 7 heteroatoms. The standard InChI is InChI=1S/C11H11N5O.C7H8.C2H6.CH2O/c1-12-5-8-13-7-4-2-3-6-9(7)10(14-8)15-16-11(6)17;1-7-5-3-2-4-6-7;2*1-2/h2-4,12H,5H2,1H3,(H,16,17)(H,13,14,15);2-6H,1H3;1-2H3;1H2. The average Bonchev–Trinajstić information content (AvgIpc) is 2.75. The molecule has 0 bridgehead atoms. The Labute approximate surface area is 164 Å². The summed E-state index contributed by atoms with van der Waals surface area (Å²) in [5.41, 5.74) is 2.00. The molecule has 0 aliphatic carbocycles. The number of amidine groups is 1. The highest BCUT2D eigenvalue weighted by Gasteiger charge is 2.16. The zero-order chi connectivity index (χ0) is 20.9. The molecule has 148 valence electrons. The number of aliphatic imine (C=N–C) groups is 1. The Balaban J connectivity index is 0.000000299. The molecule has 0 atom stereocenters. The lowest BCUT2D eigenvalue weighted by Crippen LogP contribution is -2.27. The topological polar surface area (TPSA) is 99.2 Å². The van der Waals surface area contributed by atoms with Crippen LogP contribution in [0.3, 0.4) is 0 Å². The fraction of sp³-hybridized carbons (Fsp3) is 0.238. The molecule has 3 aromatic rings. The van der Waals surface area contributed by atoms with Crippen molar-refractivity contribution in [2.24, 2.45) is 4.99 Å². The highest BCUT2D eigenvalue weighted by atomic mass is 16.1. The first-order valence-electron chi connectivity index (χ1n) is 9.00. The van der Waals surface area contributed by atoms with E-state index in [0.717, 1.165) is 16.9 Å². The van der Waals surface area contributed by atoms with Gasteiger partial charge in [0.05, 0.1) is 23.0 Å². The van der Waals surface area contributed by atoms with Crippen LogP contribution >= 0.6 is 0 Å². The number of aromatic nitrogens is 2. The Kier molecular flexibility index (Phi) is 9.85. The molecule has 2 heterocycles.